The topological polar surface area (TPSA) is 55.1 Å². The predicted molar refractivity (Wildman–Crippen MR) is 56.7 cm³/mol. The first-order chi connectivity index (χ1) is 6.70. The van der Waals surface area contributed by atoms with Gasteiger partial charge in [0.05, 0.1) is 0 Å². The summed E-state index contributed by atoms with van der Waals surface area (Å²) in [6, 6.07) is 0. The molecule has 0 fully saturated rings. The molecule has 0 aliphatic rings. The van der Waals surface area contributed by atoms with E-state index in [4.69, 9.17) is 5.11 Å². The van der Waals surface area contributed by atoms with Crippen molar-refractivity contribution >= 4 is 11.8 Å². The van der Waals surface area contributed by atoms with Crippen LogP contribution in [0.3, 0.4) is 0 Å². The van der Waals surface area contributed by atoms with Crippen LogP contribution in [0.25, 0.3) is 0 Å². The van der Waals surface area contributed by atoms with Crippen molar-refractivity contribution in [1.82, 2.24) is 9.55 Å². The zero-order valence-corrected chi connectivity index (χ0v) is 9.17. The van der Waals surface area contributed by atoms with Crippen LogP contribution in [-0.2, 0) is 6.54 Å². The van der Waals surface area contributed by atoms with E-state index in [1.165, 1.54) is 11.8 Å². The molecule has 0 aliphatic carbocycles. The number of thioether (sulfide) groups is 1. The van der Waals surface area contributed by atoms with E-state index in [2.05, 4.69) is 4.98 Å². The SMILES string of the molecule is CSc1ncc(C)c(=O)n1CCCO. The molecular weight excluding hydrogens is 200 g/mol. The van der Waals surface area contributed by atoms with Crippen LogP contribution in [0.4, 0.5) is 0 Å². The fraction of sp³-hybridized carbons (Fsp3) is 0.556. The first-order valence-corrected chi connectivity index (χ1v) is 5.64. The quantitative estimate of drug-likeness (QED) is 0.591. The second kappa shape index (κ2) is 5.17. The summed E-state index contributed by atoms with van der Waals surface area (Å²) < 4.78 is 1.61. The van der Waals surface area contributed by atoms with Gasteiger partial charge in [0.25, 0.3) is 5.56 Å². The highest BCUT2D eigenvalue weighted by atomic mass is 32.2. The van der Waals surface area contributed by atoms with Gasteiger partial charge in [-0.1, -0.05) is 11.8 Å². The average molecular weight is 214 g/mol. The fourth-order valence-electron chi connectivity index (χ4n) is 1.17. The van der Waals surface area contributed by atoms with Crippen molar-refractivity contribution in [2.45, 2.75) is 25.0 Å². The number of nitrogens with zero attached hydrogens (tertiary/aromatic N) is 2. The number of rotatable bonds is 4. The highest BCUT2D eigenvalue weighted by Gasteiger charge is 2.05. The van der Waals surface area contributed by atoms with Crippen LogP contribution in [0.2, 0.25) is 0 Å². The molecule has 0 aliphatic heterocycles. The van der Waals surface area contributed by atoms with Gasteiger partial charge >= 0.3 is 0 Å². The largest absolute Gasteiger partial charge is 0.396 e. The third-order valence-corrected chi connectivity index (χ3v) is 2.60. The minimum Gasteiger partial charge on any atom is -0.396 e. The smallest absolute Gasteiger partial charge is 0.257 e. The summed E-state index contributed by atoms with van der Waals surface area (Å²) in [5.74, 6) is 0. The summed E-state index contributed by atoms with van der Waals surface area (Å²) >= 11 is 1.44. The Morgan fingerprint density at radius 1 is 1.64 bits per heavy atom. The Morgan fingerprint density at radius 2 is 2.36 bits per heavy atom. The van der Waals surface area contributed by atoms with Gasteiger partial charge in [-0.05, 0) is 19.6 Å². The van der Waals surface area contributed by atoms with Gasteiger partial charge in [0.2, 0.25) is 0 Å². The molecule has 1 aromatic heterocycles. The number of hydrogen-bond acceptors (Lipinski definition) is 4. The Bertz CT molecular complexity index is 362. The molecule has 14 heavy (non-hydrogen) atoms. The van der Waals surface area contributed by atoms with Crippen molar-refractivity contribution in [2.75, 3.05) is 12.9 Å². The summed E-state index contributed by atoms with van der Waals surface area (Å²) in [4.78, 5) is 15.8. The normalized spacial score (nSPS) is 10.5. The van der Waals surface area contributed by atoms with E-state index in [1.807, 2.05) is 6.26 Å². The Morgan fingerprint density at radius 3 is 2.93 bits per heavy atom. The predicted octanol–water partition coefficient (Wildman–Crippen LogP) is 0.656. The molecular formula is C9H14N2O2S. The lowest BCUT2D eigenvalue weighted by Crippen LogP contribution is -2.25. The van der Waals surface area contributed by atoms with E-state index in [9.17, 15) is 4.79 Å². The van der Waals surface area contributed by atoms with Crippen molar-refractivity contribution in [3.05, 3.63) is 22.1 Å². The minimum absolute atomic E-state index is 0.0159. The lowest BCUT2D eigenvalue weighted by atomic mass is 10.3. The molecule has 0 amide bonds. The second-order valence-corrected chi connectivity index (χ2v) is 3.74. The maximum atomic E-state index is 11.7. The number of aromatic nitrogens is 2. The van der Waals surface area contributed by atoms with Gasteiger partial charge in [-0.25, -0.2) is 4.98 Å². The summed E-state index contributed by atoms with van der Waals surface area (Å²) in [7, 11) is 0. The number of aliphatic hydroxyl groups is 1. The third-order valence-electron chi connectivity index (χ3n) is 1.90. The van der Waals surface area contributed by atoms with Gasteiger partial charge in [0, 0.05) is 24.9 Å². The summed E-state index contributed by atoms with van der Waals surface area (Å²) in [6.45, 7) is 2.36. The Hall–Kier alpha value is -0.810. The average Bonchev–Trinajstić information content (AvgIpc) is 2.20. The summed E-state index contributed by atoms with van der Waals surface area (Å²) in [5, 5.41) is 9.41. The summed E-state index contributed by atoms with van der Waals surface area (Å²) in [6.07, 6.45) is 4.05. The van der Waals surface area contributed by atoms with E-state index in [0.717, 1.165) is 0 Å². The molecule has 0 aromatic carbocycles. The van der Waals surface area contributed by atoms with Crippen molar-refractivity contribution in [2.24, 2.45) is 0 Å². The molecule has 4 nitrogen and oxygen atoms in total. The van der Waals surface area contributed by atoms with E-state index in [-0.39, 0.29) is 12.2 Å². The molecule has 1 rings (SSSR count). The second-order valence-electron chi connectivity index (χ2n) is 2.96. The van der Waals surface area contributed by atoms with Gasteiger partial charge in [-0.2, -0.15) is 0 Å². The highest BCUT2D eigenvalue weighted by molar-refractivity contribution is 7.98. The molecule has 0 unspecified atom stereocenters. The van der Waals surface area contributed by atoms with Crippen molar-refractivity contribution in [1.29, 1.82) is 0 Å². The van der Waals surface area contributed by atoms with Gasteiger partial charge < -0.3 is 5.11 Å². The van der Waals surface area contributed by atoms with E-state index >= 15 is 0 Å². The van der Waals surface area contributed by atoms with Gasteiger partial charge in [-0.15, -0.1) is 0 Å². The molecule has 5 heteroatoms. The lowest BCUT2D eigenvalue weighted by molar-refractivity contribution is 0.276. The maximum Gasteiger partial charge on any atom is 0.257 e. The molecule has 78 valence electrons. The molecule has 0 bridgehead atoms. The van der Waals surface area contributed by atoms with Gasteiger partial charge in [0.15, 0.2) is 5.16 Å². The molecule has 0 radical (unpaired) electrons. The standard InChI is InChI=1S/C9H14N2O2S/c1-7-6-10-9(14-2)11(8(7)13)4-3-5-12/h6,12H,3-5H2,1-2H3. The van der Waals surface area contributed by atoms with Crippen molar-refractivity contribution in [3.63, 3.8) is 0 Å². The highest BCUT2D eigenvalue weighted by Crippen LogP contribution is 2.09. The molecule has 0 saturated heterocycles. The first kappa shape index (κ1) is 11.3. The third kappa shape index (κ3) is 2.36. The number of aryl methyl sites for hydroxylation is 1. The monoisotopic (exact) mass is 214 g/mol. The number of aliphatic hydroxyl groups excluding tert-OH is 1. The van der Waals surface area contributed by atoms with Crippen LogP contribution in [0.15, 0.2) is 16.1 Å². The van der Waals surface area contributed by atoms with Crippen molar-refractivity contribution < 1.29 is 5.11 Å². The fourth-order valence-corrected chi connectivity index (χ4v) is 1.72. The molecule has 1 N–H and O–H groups in total. The van der Waals surface area contributed by atoms with Crippen LogP contribution in [0.1, 0.15) is 12.0 Å². The van der Waals surface area contributed by atoms with E-state index in [1.54, 1.807) is 17.7 Å². The summed E-state index contributed by atoms with van der Waals surface area (Å²) in [5.41, 5.74) is 0.624. The van der Waals surface area contributed by atoms with Crippen LogP contribution in [0, 0.1) is 6.92 Å². The van der Waals surface area contributed by atoms with Gasteiger partial charge in [0.1, 0.15) is 0 Å². The Kier molecular flexibility index (Phi) is 4.16. The van der Waals surface area contributed by atoms with Crippen LogP contribution >= 0.6 is 11.8 Å². The molecule has 0 saturated carbocycles. The maximum absolute atomic E-state index is 11.7. The van der Waals surface area contributed by atoms with E-state index < -0.39 is 0 Å². The van der Waals surface area contributed by atoms with Crippen LogP contribution in [-0.4, -0.2) is 27.5 Å². The Balaban J connectivity index is 3.08. The first-order valence-electron chi connectivity index (χ1n) is 4.42. The molecule has 0 spiro atoms. The molecule has 1 heterocycles. The van der Waals surface area contributed by atoms with Gasteiger partial charge in [-0.3, -0.25) is 9.36 Å². The van der Waals surface area contributed by atoms with Crippen LogP contribution < -0.4 is 5.56 Å². The zero-order chi connectivity index (χ0) is 10.6. The zero-order valence-electron chi connectivity index (χ0n) is 8.36. The molecule has 1 aromatic rings. The minimum atomic E-state index is -0.0159. The lowest BCUT2D eigenvalue weighted by Gasteiger charge is -2.09. The number of hydrogen-bond donors (Lipinski definition) is 1. The van der Waals surface area contributed by atoms with Crippen LogP contribution in [0.5, 0.6) is 0 Å². The van der Waals surface area contributed by atoms with E-state index in [0.29, 0.717) is 23.7 Å². The molecule has 0 atom stereocenters. The van der Waals surface area contributed by atoms with Crippen molar-refractivity contribution in [3.8, 4) is 0 Å². The Labute approximate surface area is 87.0 Å².